The van der Waals surface area contributed by atoms with Crippen LogP contribution >= 0.6 is 0 Å². The van der Waals surface area contributed by atoms with E-state index in [0.29, 0.717) is 5.56 Å². The van der Waals surface area contributed by atoms with Crippen molar-refractivity contribution >= 4 is 17.4 Å². The van der Waals surface area contributed by atoms with Crippen LogP contribution in [0, 0.1) is 0 Å². The molecule has 1 aliphatic rings. The maximum atomic E-state index is 12.1. The predicted molar refractivity (Wildman–Crippen MR) is 146 cm³/mol. The SMILES string of the molecule is CCCCCCCCCCCCCCCCN1CCN(c2ccc(C(=O)CC(=O)OC)cc2)CC1. The maximum Gasteiger partial charge on any atom is 0.313 e. The Morgan fingerprint density at radius 3 is 1.69 bits per heavy atom. The Kier molecular flexibility index (Phi) is 15.4. The molecule has 1 aromatic rings. The number of carbonyl (C=O) groups is 2. The first kappa shape index (κ1) is 29.4. The van der Waals surface area contributed by atoms with Crippen LogP contribution in [-0.2, 0) is 9.53 Å². The van der Waals surface area contributed by atoms with Gasteiger partial charge in [-0.05, 0) is 37.2 Å². The highest BCUT2D eigenvalue weighted by Crippen LogP contribution is 2.19. The van der Waals surface area contributed by atoms with Crippen LogP contribution in [0.2, 0.25) is 0 Å². The van der Waals surface area contributed by atoms with Crippen molar-refractivity contribution in [2.75, 3.05) is 44.7 Å². The molecule has 0 aromatic heterocycles. The molecule has 5 heteroatoms. The molecular weight excluding hydrogens is 436 g/mol. The van der Waals surface area contributed by atoms with Gasteiger partial charge >= 0.3 is 5.97 Å². The van der Waals surface area contributed by atoms with E-state index in [9.17, 15) is 9.59 Å². The lowest BCUT2D eigenvalue weighted by Gasteiger charge is -2.36. The van der Waals surface area contributed by atoms with Crippen LogP contribution in [0.3, 0.4) is 0 Å². The quantitative estimate of drug-likeness (QED) is 0.0908. The number of hydrogen-bond acceptors (Lipinski definition) is 5. The standard InChI is InChI=1S/C30H50N2O3/c1-3-4-5-6-7-8-9-10-11-12-13-14-15-16-21-31-22-24-32(25-23-31)28-19-17-27(18-20-28)29(33)26-30(34)35-2/h17-20H,3-16,21-26H2,1-2H3. The van der Waals surface area contributed by atoms with Crippen molar-refractivity contribution in [1.29, 1.82) is 0 Å². The minimum atomic E-state index is -0.492. The monoisotopic (exact) mass is 486 g/mol. The second-order valence-corrected chi connectivity index (χ2v) is 10.1. The van der Waals surface area contributed by atoms with E-state index in [-0.39, 0.29) is 12.2 Å². The summed E-state index contributed by atoms with van der Waals surface area (Å²) in [4.78, 5) is 28.4. The molecule has 0 bridgehead atoms. The summed E-state index contributed by atoms with van der Waals surface area (Å²) in [5.74, 6) is -0.685. The molecule has 0 radical (unpaired) electrons. The number of Topliss-reactive ketones (excluding diaryl/α,β-unsaturated/α-hetero) is 1. The molecule has 1 aliphatic heterocycles. The Hall–Kier alpha value is -1.88. The lowest BCUT2D eigenvalue weighted by Crippen LogP contribution is -2.46. The third-order valence-corrected chi connectivity index (χ3v) is 7.29. The van der Waals surface area contributed by atoms with E-state index in [1.54, 1.807) is 0 Å². The minimum Gasteiger partial charge on any atom is -0.469 e. The summed E-state index contributed by atoms with van der Waals surface area (Å²) in [7, 11) is 1.30. The van der Waals surface area contributed by atoms with Crippen LogP contribution in [0.1, 0.15) is 114 Å². The van der Waals surface area contributed by atoms with Crippen molar-refractivity contribution < 1.29 is 14.3 Å². The highest BCUT2D eigenvalue weighted by molar-refractivity contribution is 6.06. The topological polar surface area (TPSA) is 49.9 Å². The minimum absolute atomic E-state index is 0.193. The molecule has 0 amide bonds. The molecule has 0 atom stereocenters. The Labute approximate surface area is 214 Å². The van der Waals surface area contributed by atoms with Crippen molar-refractivity contribution in [3.8, 4) is 0 Å². The Morgan fingerprint density at radius 2 is 1.20 bits per heavy atom. The van der Waals surface area contributed by atoms with E-state index in [0.717, 1.165) is 31.9 Å². The maximum absolute atomic E-state index is 12.1. The molecule has 0 N–H and O–H groups in total. The Morgan fingerprint density at radius 1 is 0.714 bits per heavy atom. The molecule has 1 fully saturated rings. The Bertz CT molecular complexity index is 696. The average molecular weight is 487 g/mol. The van der Waals surface area contributed by atoms with Gasteiger partial charge in [0.15, 0.2) is 5.78 Å². The zero-order valence-corrected chi connectivity index (χ0v) is 22.6. The predicted octanol–water partition coefficient (Wildman–Crippen LogP) is 7.04. The van der Waals surface area contributed by atoms with E-state index in [4.69, 9.17) is 0 Å². The van der Waals surface area contributed by atoms with Crippen LogP contribution < -0.4 is 4.90 Å². The lowest BCUT2D eigenvalue weighted by molar-refractivity contribution is -0.139. The number of esters is 1. The van der Waals surface area contributed by atoms with Crippen molar-refractivity contribution in [3.05, 3.63) is 29.8 Å². The van der Waals surface area contributed by atoms with Gasteiger partial charge in [0.25, 0.3) is 0 Å². The number of rotatable bonds is 19. The second kappa shape index (κ2) is 18.4. The molecule has 5 nitrogen and oxygen atoms in total. The fourth-order valence-corrected chi connectivity index (χ4v) is 4.92. The third kappa shape index (κ3) is 12.6. The summed E-state index contributed by atoms with van der Waals surface area (Å²) in [6, 6.07) is 7.63. The summed E-state index contributed by atoms with van der Waals surface area (Å²) in [6.45, 7) is 7.74. The molecule has 0 unspecified atom stereocenters. The summed E-state index contributed by atoms with van der Waals surface area (Å²) in [5.41, 5.74) is 1.71. The van der Waals surface area contributed by atoms with Crippen LogP contribution in [0.4, 0.5) is 5.69 Å². The van der Waals surface area contributed by atoms with Crippen molar-refractivity contribution in [3.63, 3.8) is 0 Å². The number of ether oxygens (including phenoxy) is 1. The number of methoxy groups -OCH3 is 1. The normalized spacial score (nSPS) is 14.3. The zero-order chi connectivity index (χ0) is 25.1. The summed E-state index contributed by atoms with van der Waals surface area (Å²) >= 11 is 0. The molecule has 0 spiro atoms. The molecule has 1 saturated heterocycles. The van der Waals surface area contributed by atoms with Gasteiger partial charge in [0, 0.05) is 37.4 Å². The van der Waals surface area contributed by atoms with Crippen LogP contribution in [0.25, 0.3) is 0 Å². The zero-order valence-electron chi connectivity index (χ0n) is 22.6. The van der Waals surface area contributed by atoms with Gasteiger partial charge in [-0.15, -0.1) is 0 Å². The molecule has 198 valence electrons. The number of benzene rings is 1. The molecule has 1 aromatic carbocycles. The molecule has 0 aliphatic carbocycles. The third-order valence-electron chi connectivity index (χ3n) is 7.29. The van der Waals surface area contributed by atoms with Gasteiger partial charge in [0.1, 0.15) is 6.42 Å². The van der Waals surface area contributed by atoms with E-state index < -0.39 is 5.97 Å². The summed E-state index contributed by atoms with van der Waals surface area (Å²) < 4.78 is 4.58. The lowest BCUT2D eigenvalue weighted by atomic mass is 10.0. The number of ketones is 1. The van der Waals surface area contributed by atoms with Crippen LogP contribution in [0.15, 0.2) is 24.3 Å². The number of anilines is 1. The van der Waals surface area contributed by atoms with E-state index in [2.05, 4.69) is 21.5 Å². The summed E-state index contributed by atoms with van der Waals surface area (Å²) in [5, 5.41) is 0. The smallest absolute Gasteiger partial charge is 0.313 e. The first-order valence-electron chi connectivity index (χ1n) is 14.3. The van der Waals surface area contributed by atoms with Gasteiger partial charge in [-0.2, -0.15) is 0 Å². The molecular formula is C30H50N2O3. The molecule has 0 saturated carbocycles. The fourth-order valence-electron chi connectivity index (χ4n) is 4.92. The summed E-state index contributed by atoms with van der Waals surface area (Å²) in [6.07, 6.45) is 19.5. The van der Waals surface area contributed by atoms with Crippen molar-refractivity contribution in [1.82, 2.24) is 4.90 Å². The number of piperazine rings is 1. The number of hydrogen-bond donors (Lipinski definition) is 0. The molecule has 35 heavy (non-hydrogen) atoms. The first-order chi connectivity index (χ1) is 17.1. The van der Waals surface area contributed by atoms with Crippen molar-refractivity contribution in [2.24, 2.45) is 0 Å². The number of carbonyl (C=O) groups excluding carboxylic acids is 2. The number of nitrogens with zero attached hydrogens (tertiary/aromatic N) is 2. The van der Waals surface area contributed by atoms with Crippen LogP contribution in [0.5, 0.6) is 0 Å². The highest BCUT2D eigenvalue weighted by atomic mass is 16.5. The average Bonchev–Trinajstić information content (AvgIpc) is 2.89. The number of unbranched alkanes of at least 4 members (excludes halogenated alkanes) is 13. The van der Waals surface area contributed by atoms with Gasteiger partial charge in [0.05, 0.1) is 7.11 Å². The first-order valence-corrected chi connectivity index (χ1v) is 14.3. The van der Waals surface area contributed by atoms with Gasteiger partial charge in [-0.25, -0.2) is 0 Å². The molecule has 2 rings (SSSR count). The fraction of sp³-hybridized carbons (Fsp3) is 0.733. The molecule has 1 heterocycles. The van der Waals surface area contributed by atoms with E-state index in [1.807, 2.05) is 24.3 Å². The van der Waals surface area contributed by atoms with Gasteiger partial charge < -0.3 is 9.64 Å². The van der Waals surface area contributed by atoms with E-state index in [1.165, 1.54) is 104 Å². The van der Waals surface area contributed by atoms with Crippen LogP contribution in [-0.4, -0.2) is 56.5 Å². The largest absolute Gasteiger partial charge is 0.469 e. The van der Waals surface area contributed by atoms with Gasteiger partial charge in [-0.3, -0.25) is 14.5 Å². The van der Waals surface area contributed by atoms with Gasteiger partial charge in [-0.1, -0.05) is 90.4 Å². The second-order valence-electron chi connectivity index (χ2n) is 10.1. The van der Waals surface area contributed by atoms with Gasteiger partial charge in [0.2, 0.25) is 0 Å². The van der Waals surface area contributed by atoms with Crippen molar-refractivity contribution in [2.45, 2.75) is 103 Å². The Balaban J connectivity index is 1.46. The van der Waals surface area contributed by atoms with E-state index >= 15 is 0 Å². The highest BCUT2D eigenvalue weighted by Gasteiger charge is 2.18.